The van der Waals surface area contributed by atoms with Crippen molar-refractivity contribution in [3.63, 3.8) is 0 Å². The number of carbonyl (C=O) groups excluding carboxylic acids is 1. The van der Waals surface area contributed by atoms with Crippen LogP contribution in [-0.2, 0) is 4.79 Å². The van der Waals surface area contributed by atoms with Gasteiger partial charge in [0.15, 0.2) is 0 Å². The summed E-state index contributed by atoms with van der Waals surface area (Å²) in [6.07, 6.45) is -0.741. The minimum Gasteiger partial charge on any atom is -0.550 e. The molecule has 0 aromatic carbocycles. The van der Waals surface area contributed by atoms with Crippen LogP contribution >= 0.6 is 0 Å². The van der Waals surface area contributed by atoms with E-state index in [1.807, 2.05) is 14.1 Å². The summed E-state index contributed by atoms with van der Waals surface area (Å²) in [5, 5.41) is 19.7. The molecule has 0 aromatic heterocycles. The zero-order valence-corrected chi connectivity index (χ0v) is 6.78. The Kier molecular flexibility index (Phi) is 1.90. The van der Waals surface area contributed by atoms with E-state index in [0.29, 0.717) is 17.6 Å². The fraction of sp³-hybridized carbons (Fsp3) is 0.857. The van der Waals surface area contributed by atoms with Gasteiger partial charge >= 0.3 is 0 Å². The van der Waals surface area contributed by atoms with Gasteiger partial charge in [-0.2, -0.15) is 0 Å². The van der Waals surface area contributed by atoms with Crippen molar-refractivity contribution in [1.82, 2.24) is 0 Å². The van der Waals surface area contributed by atoms with Crippen molar-refractivity contribution in [3.05, 3.63) is 0 Å². The van der Waals surface area contributed by atoms with E-state index in [4.69, 9.17) is 0 Å². The van der Waals surface area contributed by atoms with Gasteiger partial charge in [0, 0.05) is 0 Å². The molecule has 1 saturated heterocycles. The molecular weight excluding hydrogens is 146 g/mol. The van der Waals surface area contributed by atoms with Crippen molar-refractivity contribution in [3.8, 4) is 0 Å². The number of likely N-dealkylation sites (N-methyl/N-ethyl adjacent to an activating group) is 1. The van der Waals surface area contributed by atoms with Crippen LogP contribution in [0.15, 0.2) is 0 Å². The van der Waals surface area contributed by atoms with Crippen LogP contribution in [0.4, 0.5) is 0 Å². The molecule has 64 valence electrons. The predicted molar refractivity (Wildman–Crippen MR) is 36.3 cm³/mol. The number of hydrogen-bond acceptors (Lipinski definition) is 3. The first-order chi connectivity index (χ1) is 4.92. The van der Waals surface area contributed by atoms with E-state index in [0.717, 1.165) is 0 Å². The van der Waals surface area contributed by atoms with Crippen molar-refractivity contribution >= 4 is 5.97 Å². The van der Waals surface area contributed by atoms with Gasteiger partial charge in [-0.05, 0) is 0 Å². The molecule has 0 bridgehead atoms. The number of quaternary nitrogens is 1. The summed E-state index contributed by atoms with van der Waals surface area (Å²) in [6.45, 7) is 0.960. The third-order valence-electron chi connectivity index (χ3n) is 2.14. The van der Waals surface area contributed by atoms with Crippen LogP contribution in [0, 0.1) is 5.92 Å². The van der Waals surface area contributed by atoms with Crippen LogP contribution in [-0.4, -0.2) is 48.8 Å². The molecule has 0 aliphatic carbocycles. The van der Waals surface area contributed by atoms with Gasteiger partial charge in [0.1, 0.15) is 12.6 Å². The second-order valence-electron chi connectivity index (χ2n) is 3.79. The van der Waals surface area contributed by atoms with Crippen LogP contribution in [0.1, 0.15) is 0 Å². The number of nitrogens with zero attached hydrogens (tertiary/aromatic N) is 1. The molecule has 4 heteroatoms. The molecule has 1 aliphatic heterocycles. The Morgan fingerprint density at radius 1 is 1.55 bits per heavy atom. The molecule has 2 atom stereocenters. The molecule has 0 amide bonds. The first kappa shape index (κ1) is 8.49. The number of carboxylic acids is 1. The van der Waals surface area contributed by atoms with Crippen LogP contribution < -0.4 is 5.11 Å². The normalized spacial score (nSPS) is 35.5. The second kappa shape index (κ2) is 2.46. The molecule has 1 aliphatic rings. The van der Waals surface area contributed by atoms with Gasteiger partial charge in [-0.1, -0.05) is 0 Å². The highest BCUT2D eigenvalue weighted by atomic mass is 16.4. The molecule has 1 fully saturated rings. The third-order valence-corrected chi connectivity index (χ3v) is 2.14. The Morgan fingerprint density at radius 2 is 2.09 bits per heavy atom. The Labute approximate surface area is 65.6 Å². The molecule has 0 spiro atoms. The van der Waals surface area contributed by atoms with Gasteiger partial charge in [-0.15, -0.1) is 0 Å². The second-order valence-corrected chi connectivity index (χ2v) is 3.79. The molecular formula is C7H13NO3. The number of aliphatic hydroxyl groups is 1. The number of aliphatic hydroxyl groups excluding tert-OH is 1. The van der Waals surface area contributed by atoms with Gasteiger partial charge in [0.25, 0.3) is 0 Å². The minimum absolute atomic E-state index is 0.462. The van der Waals surface area contributed by atoms with Crippen molar-refractivity contribution < 1.29 is 19.5 Å². The van der Waals surface area contributed by atoms with E-state index in [2.05, 4.69) is 0 Å². The summed E-state index contributed by atoms with van der Waals surface area (Å²) in [6, 6.07) is 0. The van der Waals surface area contributed by atoms with Crippen molar-refractivity contribution in [1.29, 1.82) is 0 Å². The summed E-state index contributed by atoms with van der Waals surface area (Å²) in [4.78, 5) is 10.4. The fourth-order valence-electron chi connectivity index (χ4n) is 1.59. The van der Waals surface area contributed by atoms with Gasteiger partial charge in [-0.3, -0.25) is 0 Å². The van der Waals surface area contributed by atoms with E-state index in [1.165, 1.54) is 0 Å². The predicted octanol–water partition coefficient (Wildman–Crippen LogP) is -2.20. The molecule has 1 heterocycles. The first-order valence-corrected chi connectivity index (χ1v) is 3.63. The Morgan fingerprint density at radius 3 is 2.27 bits per heavy atom. The first-order valence-electron chi connectivity index (χ1n) is 3.63. The zero-order valence-electron chi connectivity index (χ0n) is 6.78. The van der Waals surface area contributed by atoms with Crippen LogP contribution in [0.5, 0.6) is 0 Å². The quantitative estimate of drug-likeness (QED) is 0.442. The van der Waals surface area contributed by atoms with Crippen molar-refractivity contribution in [2.45, 2.75) is 6.10 Å². The van der Waals surface area contributed by atoms with Crippen molar-refractivity contribution in [2.24, 2.45) is 5.92 Å². The summed E-state index contributed by atoms with van der Waals surface area (Å²) in [5.41, 5.74) is 0. The number of hydrogen-bond donors (Lipinski definition) is 1. The molecule has 0 aromatic rings. The highest BCUT2D eigenvalue weighted by molar-refractivity contribution is 5.68. The summed E-state index contributed by atoms with van der Waals surface area (Å²) < 4.78 is 0.555. The number of aliphatic carboxylic acids is 1. The lowest BCUT2D eigenvalue weighted by molar-refractivity contribution is -0.880. The van der Waals surface area contributed by atoms with E-state index in [-0.39, 0.29) is 0 Å². The van der Waals surface area contributed by atoms with E-state index >= 15 is 0 Å². The lowest BCUT2D eigenvalue weighted by Crippen LogP contribution is -2.40. The van der Waals surface area contributed by atoms with Crippen LogP contribution in [0.25, 0.3) is 0 Å². The maximum Gasteiger partial charge on any atom is 0.116 e. The molecule has 4 nitrogen and oxygen atoms in total. The Balaban J connectivity index is 2.66. The van der Waals surface area contributed by atoms with Crippen LogP contribution in [0.3, 0.4) is 0 Å². The molecule has 1 rings (SSSR count). The summed E-state index contributed by atoms with van der Waals surface area (Å²) in [7, 11) is 3.79. The molecule has 11 heavy (non-hydrogen) atoms. The van der Waals surface area contributed by atoms with E-state index < -0.39 is 18.0 Å². The molecule has 0 saturated carbocycles. The lowest BCUT2D eigenvalue weighted by atomic mass is 10.1. The fourth-order valence-corrected chi connectivity index (χ4v) is 1.59. The van der Waals surface area contributed by atoms with E-state index in [9.17, 15) is 15.0 Å². The van der Waals surface area contributed by atoms with Gasteiger partial charge in [-0.25, -0.2) is 0 Å². The number of carbonyl (C=O) groups is 1. The molecule has 0 radical (unpaired) electrons. The zero-order chi connectivity index (χ0) is 8.65. The van der Waals surface area contributed by atoms with Gasteiger partial charge < -0.3 is 19.5 Å². The summed E-state index contributed by atoms with van der Waals surface area (Å²) >= 11 is 0. The SMILES string of the molecule is C[N+]1(C)CC(O)C(C(=O)[O-])C1. The Hall–Kier alpha value is -0.610. The standard InChI is InChI=1S/C7H13NO3/c1-8(2)3-5(7(10)11)6(9)4-8/h5-6,9H,3-4H2,1-2H3. The smallest absolute Gasteiger partial charge is 0.116 e. The highest BCUT2D eigenvalue weighted by Crippen LogP contribution is 2.19. The third kappa shape index (κ3) is 1.70. The van der Waals surface area contributed by atoms with Gasteiger partial charge in [0.05, 0.1) is 32.5 Å². The van der Waals surface area contributed by atoms with Gasteiger partial charge in [0.2, 0.25) is 0 Å². The van der Waals surface area contributed by atoms with Crippen molar-refractivity contribution in [2.75, 3.05) is 27.2 Å². The number of rotatable bonds is 1. The minimum atomic E-state index is -1.14. The lowest BCUT2D eigenvalue weighted by Gasteiger charge is -2.22. The summed E-state index contributed by atoms with van der Waals surface area (Å²) in [5.74, 6) is -1.83. The Bertz CT molecular complexity index is 179. The van der Waals surface area contributed by atoms with E-state index in [1.54, 1.807) is 0 Å². The largest absolute Gasteiger partial charge is 0.550 e. The molecule has 1 N–H and O–H groups in total. The maximum absolute atomic E-state index is 10.4. The maximum atomic E-state index is 10.4. The van der Waals surface area contributed by atoms with Crippen LogP contribution in [0.2, 0.25) is 0 Å². The molecule has 2 unspecified atom stereocenters. The monoisotopic (exact) mass is 159 g/mol. The number of carboxylic acid groups (broad SMARTS) is 1. The topological polar surface area (TPSA) is 60.4 Å². The average Bonchev–Trinajstić information content (AvgIpc) is 2.05. The number of likely N-dealkylation sites (tertiary alicyclic amines) is 1. The average molecular weight is 159 g/mol. The highest BCUT2D eigenvalue weighted by Gasteiger charge is 2.39.